The Morgan fingerprint density at radius 2 is 1.89 bits per heavy atom. The summed E-state index contributed by atoms with van der Waals surface area (Å²) in [6.07, 6.45) is 1.77. The molecule has 3 aromatic rings. The van der Waals surface area contributed by atoms with Gasteiger partial charge < -0.3 is 5.32 Å². The van der Waals surface area contributed by atoms with Gasteiger partial charge in [-0.3, -0.25) is 9.36 Å². The Kier molecular flexibility index (Phi) is 6.78. The van der Waals surface area contributed by atoms with Crippen LogP contribution < -0.4 is 5.32 Å². The van der Waals surface area contributed by atoms with Gasteiger partial charge in [0.1, 0.15) is 0 Å². The Bertz CT molecular complexity index is 1000. The van der Waals surface area contributed by atoms with Crippen LogP contribution in [-0.2, 0) is 11.3 Å². The first-order chi connectivity index (χ1) is 13.5. The number of carbonyl (C=O) groups excluding carboxylic acids is 1. The molecule has 1 aromatic heterocycles. The van der Waals surface area contributed by atoms with Gasteiger partial charge >= 0.3 is 0 Å². The van der Waals surface area contributed by atoms with E-state index in [4.69, 9.17) is 23.2 Å². The molecule has 8 heteroatoms. The lowest BCUT2D eigenvalue weighted by Crippen LogP contribution is -2.15. The topological polar surface area (TPSA) is 59.8 Å². The Hall–Kier alpha value is -2.28. The largest absolute Gasteiger partial charge is 0.325 e. The normalized spacial score (nSPS) is 10.7. The number of nitrogens with zero attached hydrogens (tertiary/aromatic N) is 3. The number of hydrogen-bond donors (Lipinski definition) is 1. The van der Waals surface area contributed by atoms with Crippen LogP contribution in [0, 0.1) is 6.92 Å². The van der Waals surface area contributed by atoms with Crippen molar-refractivity contribution >= 4 is 46.6 Å². The van der Waals surface area contributed by atoms with Crippen LogP contribution in [0.3, 0.4) is 0 Å². The van der Waals surface area contributed by atoms with Crippen molar-refractivity contribution in [3.63, 3.8) is 0 Å². The fraction of sp³-hybridized carbons (Fsp3) is 0.150. The third kappa shape index (κ3) is 4.95. The van der Waals surface area contributed by atoms with Gasteiger partial charge in [-0.05, 0) is 48.9 Å². The summed E-state index contributed by atoms with van der Waals surface area (Å²) in [5.74, 6) is 0.753. The Balaban J connectivity index is 1.73. The van der Waals surface area contributed by atoms with E-state index in [-0.39, 0.29) is 11.7 Å². The summed E-state index contributed by atoms with van der Waals surface area (Å²) < 4.78 is 1.92. The van der Waals surface area contributed by atoms with Crippen LogP contribution in [0.15, 0.2) is 60.3 Å². The SMILES string of the molecule is C=CCn1c(SCC(=O)Nc2cc(Cl)ccc2C)nnc1-c1ccc(Cl)cc1. The lowest BCUT2D eigenvalue weighted by molar-refractivity contribution is -0.113. The Morgan fingerprint density at radius 3 is 2.61 bits per heavy atom. The van der Waals surface area contributed by atoms with Crippen LogP contribution in [0.5, 0.6) is 0 Å². The smallest absolute Gasteiger partial charge is 0.234 e. The molecule has 0 spiro atoms. The van der Waals surface area contributed by atoms with Crippen molar-refractivity contribution in [1.82, 2.24) is 14.8 Å². The van der Waals surface area contributed by atoms with Crippen molar-refractivity contribution in [1.29, 1.82) is 0 Å². The average Bonchev–Trinajstić information content (AvgIpc) is 3.07. The molecular weight excluding hydrogens is 415 g/mol. The van der Waals surface area contributed by atoms with Gasteiger partial charge in [-0.2, -0.15) is 0 Å². The molecular formula is C20H18Cl2N4OS. The minimum absolute atomic E-state index is 0.142. The molecule has 28 heavy (non-hydrogen) atoms. The van der Waals surface area contributed by atoms with Crippen molar-refractivity contribution in [2.75, 3.05) is 11.1 Å². The standard InChI is InChI=1S/C20H18Cl2N4OS/c1-3-10-26-19(14-5-8-15(21)9-6-14)24-25-20(26)28-12-18(27)23-17-11-16(22)7-4-13(17)2/h3-9,11H,1,10,12H2,2H3,(H,23,27). The molecule has 0 aliphatic carbocycles. The van der Waals surface area contributed by atoms with E-state index < -0.39 is 0 Å². The van der Waals surface area contributed by atoms with Crippen LogP contribution in [0.2, 0.25) is 10.0 Å². The fourth-order valence-corrected chi connectivity index (χ4v) is 3.59. The number of halogens is 2. The summed E-state index contributed by atoms with van der Waals surface area (Å²) in [5, 5.41) is 13.3. The van der Waals surface area contributed by atoms with E-state index in [0.717, 1.165) is 11.1 Å². The molecule has 0 saturated heterocycles. The first-order valence-corrected chi connectivity index (χ1v) is 10.2. The van der Waals surface area contributed by atoms with Crippen molar-refractivity contribution in [3.8, 4) is 11.4 Å². The lowest BCUT2D eigenvalue weighted by Gasteiger charge is -2.10. The quantitative estimate of drug-likeness (QED) is 0.396. The molecule has 0 unspecified atom stereocenters. The Morgan fingerprint density at radius 1 is 1.18 bits per heavy atom. The zero-order valence-electron chi connectivity index (χ0n) is 15.2. The Labute approximate surface area is 177 Å². The van der Waals surface area contributed by atoms with Crippen LogP contribution in [0.25, 0.3) is 11.4 Å². The summed E-state index contributed by atoms with van der Waals surface area (Å²) >= 11 is 13.3. The summed E-state index contributed by atoms with van der Waals surface area (Å²) in [7, 11) is 0. The summed E-state index contributed by atoms with van der Waals surface area (Å²) in [5.41, 5.74) is 2.54. The monoisotopic (exact) mass is 432 g/mol. The van der Waals surface area contributed by atoms with E-state index in [0.29, 0.717) is 33.3 Å². The van der Waals surface area contributed by atoms with Crippen molar-refractivity contribution < 1.29 is 4.79 Å². The van der Waals surface area contributed by atoms with E-state index in [1.54, 1.807) is 30.3 Å². The molecule has 1 N–H and O–H groups in total. The van der Waals surface area contributed by atoms with E-state index in [1.165, 1.54) is 11.8 Å². The molecule has 144 valence electrons. The lowest BCUT2D eigenvalue weighted by atomic mass is 10.2. The van der Waals surface area contributed by atoms with E-state index in [1.807, 2.05) is 29.7 Å². The van der Waals surface area contributed by atoms with Gasteiger partial charge in [0.2, 0.25) is 5.91 Å². The second-order valence-electron chi connectivity index (χ2n) is 6.01. The molecule has 0 radical (unpaired) electrons. The van der Waals surface area contributed by atoms with Gasteiger partial charge in [0.15, 0.2) is 11.0 Å². The van der Waals surface area contributed by atoms with Gasteiger partial charge in [-0.1, -0.05) is 47.1 Å². The molecule has 3 rings (SSSR count). The van der Waals surface area contributed by atoms with Gasteiger partial charge in [-0.15, -0.1) is 16.8 Å². The highest BCUT2D eigenvalue weighted by Gasteiger charge is 2.15. The van der Waals surface area contributed by atoms with Gasteiger partial charge in [0.25, 0.3) is 0 Å². The van der Waals surface area contributed by atoms with Gasteiger partial charge in [0.05, 0.1) is 5.75 Å². The summed E-state index contributed by atoms with van der Waals surface area (Å²) in [6.45, 7) is 6.24. The number of allylic oxidation sites excluding steroid dienone is 1. The van der Waals surface area contributed by atoms with Crippen molar-refractivity contribution in [2.24, 2.45) is 0 Å². The molecule has 0 bridgehead atoms. The molecule has 0 saturated carbocycles. The number of carbonyl (C=O) groups is 1. The minimum Gasteiger partial charge on any atom is -0.325 e. The van der Waals surface area contributed by atoms with Crippen molar-refractivity contribution in [3.05, 3.63) is 70.7 Å². The van der Waals surface area contributed by atoms with Crippen LogP contribution in [0.1, 0.15) is 5.56 Å². The van der Waals surface area contributed by atoms with E-state index >= 15 is 0 Å². The third-order valence-electron chi connectivity index (χ3n) is 3.94. The summed E-state index contributed by atoms with van der Waals surface area (Å²) in [6, 6.07) is 12.8. The van der Waals surface area contributed by atoms with Crippen LogP contribution in [0.4, 0.5) is 5.69 Å². The van der Waals surface area contributed by atoms with Crippen molar-refractivity contribution in [2.45, 2.75) is 18.6 Å². The maximum absolute atomic E-state index is 12.4. The number of rotatable bonds is 7. The average molecular weight is 433 g/mol. The highest BCUT2D eigenvalue weighted by atomic mass is 35.5. The third-order valence-corrected chi connectivity index (χ3v) is 5.39. The maximum Gasteiger partial charge on any atom is 0.234 e. The first-order valence-electron chi connectivity index (χ1n) is 8.46. The minimum atomic E-state index is -0.142. The molecule has 1 heterocycles. The molecule has 2 aromatic carbocycles. The number of hydrogen-bond acceptors (Lipinski definition) is 4. The maximum atomic E-state index is 12.4. The molecule has 0 fully saturated rings. The van der Waals surface area contributed by atoms with E-state index in [2.05, 4.69) is 22.1 Å². The highest BCUT2D eigenvalue weighted by Crippen LogP contribution is 2.26. The number of aromatic nitrogens is 3. The molecule has 0 aliphatic heterocycles. The number of amides is 1. The zero-order chi connectivity index (χ0) is 20.1. The number of nitrogens with one attached hydrogen (secondary N) is 1. The predicted octanol–water partition coefficient (Wildman–Crippen LogP) is 5.48. The van der Waals surface area contributed by atoms with Gasteiger partial charge in [0, 0.05) is 27.8 Å². The molecule has 0 atom stereocenters. The molecule has 1 amide bonds. The van der Waals surface area contributed by atoms with E-state index in [9.17, 15) is 4.79 Å². The zero-order valence-corrected chi connectivity index (χ0v) is 17.5. The second kappa shape index (κ2) is 9.28. The predicted molar refractivity (Wildman–Crippen MR) is 116 cm³/mol. The van der Waals surface area contributed by atoms with Crippen LogP contribution >= 0.6 is 35.0 Å². The second-order valence-corrected chi connectivity index (χ2v) is 7.82. The number of benzene rings is 2. The summed E-state index contributed by atoms with van der Waals surface area (Å²) in [4.78, 5) is 12.4. The highest BCUT2D eigenvalue weighted by molar-refractivity contribution is 7.99. The van der Waals surface area contributed by atoms with Gasteiger partial charge in [-0.25, -0.2) is 0 Å². The molecule has 0 aliphatic rings. The number of aryl methyl sites for hydroxylation is 1. The molecule has 5 nitrogen and oxygen atoms in total. The fourth-order valence-electron chi connectivity index (χ4n) is 2.55. The van der Waals surface area contributed by atoms with Crippen LogP contribution in [-0.4, -0.2) is 26.4 Å². The number of thioether (sulfide) groups is 1. The number of anilines is 1. The first kappa shape index (κ1) is 20.5.